The average Bonchev–Trinajstić information content (AvgIpc) is 3.12. The van der Waals surface area contributed by atoms with Gasteiger partial charge in [-0.1, -0.05) is 19.1 Å². The predicted molar refractivity (Wildman–Crippen MR) is 85.4 cm³/mol. The summed E-state index contributed by atoms with van der Waals surface area (Å²) in [4.78, 5) is 23.5. The largest absolute Gasteiger partial charge is 0.444 e. The van der Waals surface area contributed by atoms with E-state index < -0.39 is 11.7 Å². The number of rotatable bonds is 4. The molecule has 0 bridgehead atoms. The summed E-state index contributed by atoms with van der Waals surface area (Å²) in [7, 11) is 0. The second-order valence-corrected chi connectivity index (χ2v) is 6.86. The van der Waals surface area contributed by atoms with Crippen LogP contribution in [0.3, 0.4) is 0 Å². The van der Waals surface area contributed by atoms with Crippen LogP contribution in [-0.2, 0) is 16.1 Å². The minimum Gasteiger partial charge on any atom is -0.444 e. The Kier molecular flexibility index (Phi) is 4.74. The molecule has 0 aliphatic heterocycles. The molecule has 5 heteroatoms. The molecule has 2 rings (SSSR count). The topological polar surface area (TPSA) is 67.4 Å². The number of alkyl carbamates (subject to hydrolysis) is 1. The van der Waals surface area contributed by atoms with Crippen molar-refractivity contribution in [2.75, 3.05) is 5.32 Å². The fraction of sp³-hybridized carbons (Fsp3) is 0.529. The lowest BCUT2D eigenvalue weighted by Gasteiger charge is -2.19. The molecular formula is C17H24N2O3. The van der Waals surface area contributed by atoms with E-state index in [1.807, 2.05) is 45.0 Å². The summed E-state index contributed by atoms with van der Waals surface area (Å²) in [6.45, 7) is 7.90. The summed E-state index contributed by atoms with van der Waals surface area (Å²) in [5.41, 5.74) is 1.15. The number of benzene rings is 1. The molecule has 22 heavy (non-hydrogen) atoms. The van der Waals surface area contributed by atoms with E-state index in [0.29, 0.717) is 12.5 Å². The van der Waals surface area contributed by atoms with Crippen LogP contribution in [0.5, 0.6) is 0 Å². The van der Waals surface area contributed by atoms with Gasteiger partial charge in [0.2, 0.25) is 5.91 Å². The fourth-order valence-corrected chi connectivity index (χ4v) is 2.17. The Hall–Kier alpha value is -2.04. The van der Waals surface area contributed by atoms with Crippen molar-refractivity contribution < 1.29 is 14.3 Å². The first kappa shape index (κ1) is 16.3. The number of carbonyl (C=O) groups is 2. The number of hydrogen-bond donors (Lipinski definition) is 2. The van der Waals surface area contributed by atoms with E-state index in [1.54, 1.807) is 0 Å². The maximum Gasteiger partial charge on any atom is 0.407 e. The Morgan fingerprint density at radius 1 is 1.32 bits per heavy atom. The van der Waals surface area contributed by atoms with Gasteiger partial charge >= 0.3 is 6.09 Å². The molecule has 1 aromatic carbocycles. The fourth-order valence-electron chi connectivity index (χ4n) is 2.17. The van der Waals surface area contributed by atoms with Crippen LogP contribution in [0.4, 0.5) is 10.5 Å². The van der Waals surface area contributed by atoms with Gasteiger partial charge in [0.25, 0.3) is 0 Å². The molecule has 2 N–H and O–H groups in total. The van der Waals surface area contributed by atoms with Gasteiger partial charge in [-0.05, 0) is 50.8 Å². The van der Waals surface area contributed by atoms with E-state index in [0.717, 1.165) is 17.7 Å². The third-order valence-electron chi connectivity index (χ3n) is 3.48. The summed E-state index contributed by atoms with van der Waals surface area (Å²) in [5, 5.41) is 5.62. The molecule has 120 valence electrons. The van der Waals surface area contributed by atoms with Crippen molar-refractivity contribution >= 4 is 17.7 Å². The summed E-state index contributed by atoms with van der Waals surface area (Å²) in [6, 6.07) is 7.47. The van der Waals surface area contributed by atoms with Crippen LogP contribution in [0.15, 0.2) is 24.3 Å². The second-order valence-electron chi connectivity index (χ2n) is 6.86. The lowest BCUT2D eigenvalue weighted by atomic mass is 10.2. The smallest absolute Gasteiger partial charge is 0.407 e. The van der Waals surface area contributed by atoms with Crippen LogP contribution in [0, 0.1) is 11.8 Å². The van der Waals surface area contributed by atoms with Gasteiger partial charge in [0.1, 0.15) is 5.60 Å². The number of hydrogen-bond acceptors (Lipinski definition) is 3. The molecule has 0 unspecified atom stereocenters. The predicted octanol–water partition coefficient (Wildman–Crippen LogP) is 3.31. The van der Waals surface area contributed by atoms with E-state index in [4.69, 9.17) is 4.74 Å². The first-order valence-electron chi connectivity index (χ1n) is 7.61. The molecule has 0 spiro atoms. The van der Waals surface area contributed by atoms with Gasteiger partial charge in [-0.25, -0.2) is 4.79 Å². The highest BCUT2D eigenvalue weighted by molar-refractivity contribution is 5.94. The molecule has 1 aliphatic carbocycles. The van der Waals surface area contributed by atoms with Crippen molar-refractivity contribution in [2.45, 2.75) is 46.3 Å². The van der Waals surface area contributed by atoms with Gasteiger partial charge in [0.15, 0.2) is 0 Å². The van der Waals surface area contributed by atoms with Crippen LogP contribution >= 0.6 is 0 Å². The summed E-state index contributed by atoms with van der Waals surface area (Å²) >= 11 is 0. The van der Waals surface area contributed by atoms with Crippen LogP contribution in [0.2, 0.25) is 0 Å². The summed E-state index contributed by atoms with van der Waals surface area (Å²) in [5.74, 6) is 0.699. The molecule has 0 saturated heterocycles. The van der Waals surface area contributed by atoms with Gasteiger partial charge in [-0.3, -0.25) is 4.79 Å². The highest BCUT2D eigenvalue weighted by atomic mass is 16.6. The molecule has 0 aromatic heterocycles. The monoisotopic (exact) mass is 304 g/mol. The van der Waals surface area contributed by atoms with Crippen LogP contribution in [0.1, 0.15) is 39.7 Å². The normalized spacial score (nSPS) is 20.2. The quantitative estimate of drug-likeness (QED) is 0.896. The molecule has 1 fully saturated rings. The minimum absolute atomic E-state index is 0.0738. The molecule has 5 nitrogen and oxygen atoms in total. The molecule has 1 aliphatic rings. The van der Waals surface area contributed by atoms with E-state index in [9.17, 15) is 9.59 Å². The van der Waals surface area contributed by atoms with Crippen LogP contribution in [0.25, 0.3) is 0 Å². The van der Waals surface area contributed by atoms with Crippen LogP contribution in [-0.4, -0.2) is 17.6 Å². The first-order chi connectivity index (χ1) is 10.2. The van der Waals surface area contributed by atoms with Crippen molar-refractivity contribution in [1.82, 2.24) is 5.32 Å². The average molecular weight is 304 g/mol. The number of ether oxygens (including phenoxy) is 1. The van der Waals surface area contributed by atoms with Gasteiger partial charge in [0, 0.05) is 18.2 Å². The highest BCUT2D eigenvalue weighted by Gasteiger charge is 2.39. The summed E-state index contributed by atoms with van der Waals surface area (Å²) in [6.07, 6.45) is 0.514. The van der Waals surface area contributed by atoms with E-state index in [1.165, 1.54) is 0 Å². The van der Waals surface area contributed by atoms with Gasteiger partial charge in [-0.2, -0.15) is 0 Å². The lowest BCUT2D eigenvalue weighted by Crippen LogP contribution is -2.32. The Morgan fingerprint density at radius 2 is 2.00 bits per heavy atom. The molecular weight excluding hydrogens is 280 g/mol. The van der Waals surface area contributed by atoms with Crippen LogP contribution < -0.4 is 10.6 Å². The van der Waals surface area contributed by atoms with Crippen molar-refractivity contribution in [3.05, 3.63) is 29.8 Å². The zero-order valence-corrected chi connectivity index (χ0v) is 13.6. The molecule has 0 heterocycles. The molecule has 1 aromatic rings. The highest BCUT2D eigenvalue weighted by Crippen LogP contribution is 2.38. The summed E-state index contributed by atoms with van der Waals surface area (Å²) < 4.78 is 5.19. The number of anilines is 1. The maximum absolute atomic E-state index is 11.9. The molecule has 0 radical (unpaired) electrons. The third-order valence-corrected chi connectivity index (χ3v) is 3.48. The zero-order chi connectivity index (χ0) is 16.3. The first-order valence-corrected chi connectivity index (χ1v) is 7.61. The Labute approximate surface area is 131 Å². The minimum atomic E-state index is -0.513. The van der Waals surface area contributed by atoms with Crippen molar-refractivity contribution in [1.29, 1.82) is 0 Å². The van der Waals surface area contributed by atoms with Crippen molar-refractivity contribution in [2.24, 2.45) is 11.8 Å². The lowest BCUT2D eigenvalue weighted by molar-refractivity contribution is -0.117. The maximum atomic E-state index is 11.9. The van der Waals surface area contributed by atoms with Crippen molar-refractivity contribution in [3.8, 4) is 0 Å². The molecule has 2 atom stereocenters. The van der Waals surface area contributed by atoms with Crippen molar-refractivity contribution in [3.63, 3.8) is 0 Å². The van der Waals surface area contributed by atoms with E-state index >= 15 is 0 Å². The standard InChI is InChI=1S/C17H24N2O3/c1-11-8-14(11)15(20)19-13-7-5-6-12(9-13)10-18-16(21)22-17(2,3)4/h5-7,9,11,14H,8,10H2,1-4H3,(H,18,21)(H,19,20)/t11-,14+/m0/s1. The van der Waals surface area contributed by atoms with Gasteiger partial charge in [-0.15, -0.1) is 0 Å². The number of amides is 2. The van der Waals surface area contributed by atoms with Gasteiger partial charge < -0.3 is 15.4 Å². The number of nitrogens with one attached hydrogen (secondary N) is 2. The third kappa shape index (κ3) is 5.06. The van der Waals surface area contributed by atoms with E-state index in [2.05, 4.69) is 17.6 Å². The number of carbonyl (C=O) groups excluding carboxylic acids is 2. The SMILES string of the molecule is C[C@H]1C[C@H]1C(=O)Nc1cccc(CNC(=O)OC(C)(C)C)c1. The van der Waals surface area contributed by atoms with E-state index in [-0.39, 0.29) is 11.8 Å². The second kappa shape index (κ2) is 6.38. The Bertz CT molecular complexity index is 563. The molecule has 1 saturated carbocycles. The molecule has 2 amide bonds. The Balaban J connectivity index is 1.86. The zero-order valence-electron chi connectivity index (χ0n) is 13.6. The van der Waals surface area contributed by atoms with Gasteiger partial charge in [0.05, 0.1) is 0 Å². The Morgan fingerprint density at radius 3 is 2.59 bits per heavy atom.